The topological polar surface area (TPSA) is 212 Å². The first-order valence-corrected chi connectivity index (χ1v) is 12.8. The van der Waals surface area contributed by atoms with Crippen molar-refractivity contribution in [3.8, 4) is 0 Å². The van der Waals surface area contributed by atoms with Crippen LogP contribution in [0.1, 0.15) is 0 Å². The molecule has 3 aliphatic rings. The number of carbonyl (C=O) groups is 3. The highest BCUT2D eigenvalue weighted by atomic mass is 35.5. The van der Waals surface area contributed by atoms with Crippen LogP contribution in [0.15, 0.2) is 72.9 Å². The van der Waals surface area contributed by atoms with Crippen LogP contribution in [0.25, 0.3) is 0 Å². The third-order valence-electron chi connectivity index (χ3n) is 6.85. The normalized spacial score (nSPS) is 31.5. The molecule has 6 atom stereocenters. The first-order valence-electron chi connectivity index (χ1n) is 12.8. The van der Waals surface area contributed by atoms with E-state index in [2.05, 4.69) is 16.0 Å². The fourth-order valence-corrected chi connectivity index (χ4v) is 4.22. The minimum atomic E-state index is -2.13. The maximum absolute atomic E-state index is 12.5. The average molecular weight is 597 g/mol. The predicted molar refractivity (Wildman–Crippen MR) is 150 cm³/mol. The molecule has 3 rings (SSSR count). The lowest BCUT2D eigenvalue weighted by molar-refractivity contribution is -0.142. The molecule has 0 fully saturated rings. The highest BCUT2D eigenvalue weighted by molar-refractivity contribution is 5.89. The van der Waals surface area contributed by atoms with Gasteiger partial charge in [-0.1, -0.05) is 54.7 Å². The fraction of sp³-hybridized carbons (Fsp3) is 0.444. The second-order valence-electron chi connectivity index (χ2n) is 9.65. The van der Waals surface area contributed by atoms with Gasteiger partial charge in [0.1, 0.15) is 18.3 Å². The summed E-state index contributed by atoms with van der Waals surface area (Å²) in [5.74, 6) is -2.45. The molecule has 0 spiro atoms. The van der Waals surface area contributed by atoms with Gasteiger partial charge in [0.15, 0.2) is 16.8 Å². The van der Waals surface area contributed by atoms with Gasteiger partial charge in [-0.2, -0.15) is 0 Å². The molecule has 0 aliphatic heterocycles. The Bertz CT molecular complexity index is 1000. The summed E-state index contributed by atoms with van der Waals surface area (Å²) >= 11 is 0. The zero-order valence-corrected chi connectivity index (χ0v) is 23.0. The third-order valence-corrected chi connectivity index (χ3v) is 6.85. The Labute approximate surface area is 243 Å². The Kier molecular flexibility index (Phi) is 12.2. The fourth-order valence-electron chi connectivity index (χ4n) is 4.22. The Morgan fingerprint density at radius 2 is 0.829 bits per heavy atom. The van der Waals surface area contributed by atoms with E-state index in [9.17, 15) is 45.0 Å². The van der Waals surface area contributed by atoms with Crippen LogP contribution in [0.5, 0.6) is 0 Å². The van der Waals surface area contributed by atoms with Crippen LogP contribution in [-0.4, -0.2) is 128 Å². The van der Waals surface area contributed by atoms with Crippen LogP contribution in [0, 0.1) is 0 Å². The SMILES string of the molecule is Cl.O=C(NCCN(CCNC(=O)C1(O)C=CC=CC1O)CCNC(=O)C1(O)C=CC=CC1O)C1(O)C=CC=CC1O. The van der Waals surface area contributed by atoms with Gasteiger partial charge in [0.25, 0.3) is 17.7 Å². The zero-order chi connectivity index (χ0) is 29.4. The molecule has 9 N–H and O–H groups in total. The molecule has 226 valence electrons. The van der Waals surface area contributed by atoms with Crippen molar-refractivity contribution < 1.29 is 45.0 Å². The number of nitrogens with zero attached hydrogens (tertiary/aromatic N) is 1. The Hall–Kier alpha value is -3.14. The van der Waals surface area contributed by atoms with Crippen LogP contribution >= 0.6 is 12.4 Å². The van der Waals surface area contributed by atoms with E-state index in [4.69, 9.17) is 0 Å². The molecule has 0 radical (unpaired) electrons. The van der Waals surface area contributed by atoms with E-state index in [1.54, 1.807) is 4.90 Å². The summed E-state index contributed by atoms with van der Waals surface area (Å²) in [5.41, 5.74) is -6.38. The van der Waals surface area contributed by atoms with Gasteiger partial charge in [-0.05, 0) is 18.2 Å². The molecule has 41 heavy (non-hydrogen) atoms. The van der Waals surface area contributed by atoms with E-state index in [0.717, 1.165) is 0 Å². The van der Waals surface area contributed by atoms with Crippen molar-refractivity contribution in [1.82, 2.24) is 20.9 Å². The number of nitrogens with one attached hydrogen (secondary N) is 3. The number of allylic oxidation sites excluding steroid dienone is 6. The third kappa shape index (κ3) is 7.99. The van der Waals surface area contributed by atoms with E-state index < -0.39 is 52.8 Å². The summed E-state index contributed by atoms with van der Waals surface area (Å²) in [5, 5.41) is 69.2. The Morgan fingerprint density at radius 1 is 0.561 bits per heavy atom. The number of amides is 3. The van der Waals surface area contributed by atoms with Gasteiger partial charge in [0, 0.05) is 39.3 Å². The molecule has 0 aromatic carbocycles. The average Bonchev–Trinajstić information content (AvgIpc) is 2.93. The highest BCUT2D eigenvalue weighted by Gasteiger charge is 2.42. The van der Waals surface area contributed by atoms with Crippen molar-refractivity contribution in [3.63, 3.8) is 0 Å². The molecule has 14 heteroatoms. The molecular weight excluding hydrogens is 560 g/mol. The molecule has 0 aromatic rings. The van der Waals surface area contributed by atoms with E-state index in [0.29, 0.717) is 0 Å². The zero-order valence-electron chi connectivity index (χ0n) is 22.2. The first kappa shape index (κ1) is 34.1. The molecule has 0 saturated heterocycles. The molecule has 0 heterocycles. The van der Waals surface area contributed by atoms with Crippen molar-refractivity contribution in [2.45, 2.75) is 35.1 Å². The van der Waals surface area contributed by atoms with Crippen LogP contribution in [0.2, 0.25) is 0 Å². The Morgan fingerprint density at radius 3 is 1.07 bits per heavy atom. The summed E-state index contributed by atoms with van der Waals surface area (Å²) in [7, 11) is 0. The minimum Gasteiger partial charge on any atom is -0.385 e. The number of carbonyl (C=O) groups excluding carboxylic acids is 3. The summed E-state index contributed by atoms with van der Waals surface area (Å²) in [4.78, 5) is 39.3. The summed E-state index contributed by atoms with van der Waals surface area (Å²) in [6, 6.07) is 0. The number of rotatable bonds is 12. The monoisotopic (exact) mass is 596 g/mol. The van der Waals surface area contributed by atoms with Crippen LogP contribution in [0.3, 0.4) is 0 Å². The lowest BCUT2D eigenvalue weighted by Gasteiger charge is -2.31. The minimum absolute atomic E-state index is 0. The van der Waals surface area contributed by atoms with Gasteiger partial charge in [-0.25, -0.2) is 0 Å². The molecule has 0 bridgehead atoms. The van der Waals surface area contributed by atoms with Crippen LogP contribution in [-0.2, 0) is 14.4 Å². The van der Waals surface area contributed by atoms with Crippen LogP contribution in [0.4, 0.5) is 0 Å². The molecule has 0 saturated carbocycles. The van der Waals surface area contributed by atoms with Crippen molar-refractivity contribution in [2.24, 2.45) is 0 Å². The number of aliphatic hydroxyl groups excluding tert-OH is 3. The second-order valence-corrected chi connectivity index (χ2v) is 9.65. The van der Waals surface area contributed by atoms with E-state index >= 15 is 0 Å². The number of hydrogen-bond acceptors (Lipinski definition) is 10. The highest BCUT2D eigenvalue weighted by Crippen LogP contribution is 2.20. The molecular formula is C27H37ClN4O9. The molecule has 3 amide bonds. The van der Waals surface area contributed by atoms with E-state index in [1.165, 1.54) is 72.9 Å². The van der Waals surface area contributed by atoms with Gasteiger partial charge >= 0.3 is 0 Å². The Balaban J connectivity index is 0.00000588. The number of aliphatic hydroxyl groups is 6. The van der Waals surface area contributed by atoms with Crippen molar-refractivity contribution in [2.75, 3.05) is 39.3 Å². The summed E-state index contributed by atoms with van der Waals surface area (Å²) in [6.07, 6.45) is 11.9. The van der Waals surface area contributed by atoms with Crippen molar-refractivity contribution in [1.29, 1.82) is 0 Å². The molecule has 3 aliphatic carbocycles. The first-order chi connectivity index (χ1) is 18.9. The van der Waals surface area contributed by atoms with E-state index in [-0.39, 0.29) is 51.7 Å². The van der Waals surface area contributed by atoms with Crippen molar-refractivity contribution >= 4 is 30.1 Å². The van der Waals surface area contributed by atoms with Gasteiger partial charge in [0.05, 0.1) is 0 Å². The largest absolute Gasteiger partial charge is 0.385 e. The van der Waals surface area contributed by atoms with E-state index in [1.807, 2.05) is 0 Å². The van der Waals surface area contributed by atoms with Gasteiger partial charge in [-0.3, -0.25) is 19.3 Å². The summed E-state index contributed by atoms with van der Waals surface area (Å²) < 4.78 is 0. The molecule has 0 aromatic heterocycles. The maximum Gasteiger partial charge on any atom is 0.259 e. The van der Waals surface area contributed by atoms with Gasteiger partial charge < -0.3 is 46.6 Å². The maximum atomic E-state index is 12.5. The van der Waals surface area contributed by atoms with Crippen molar-refractivity contribution in [3.05, 3.63) is 72.9 Å². The molecule has 13 nitrogen and oxygen atoms in total. The standard InChI is InChI=1S/C27H36N4O9.ClH/c32-19-7-1-4-10-25(19,38)22(35)28-13-16-31(17-14-29-23(36)26(39)11-5-2-8-20(26)33)18-15-30-24(37)27(40)12-6-3-9-21(27)34;/h1-12,19-21,32-34,38-40H,13-18H2,(H,28,35)(H,29,36)(H,30,37);1H. The molecule has 6 unspecified atom stereocenters. The van der Waals surface area contributed by atoms with Gasteiger partial charge in [-0.15, -0.1) is 12.4 Å². The lowest BCUT2D eigenvalue weighted by Crippen LogP contribution is -2.56. The summed E-state index contributed by atoms with van der Waals surface area (Å²) in [6.45, 7) is 0.649. The van der Waals surface area contributed by atoms with Gasteiger partial charge in [0.2, 0.25) is 0 Å². The smallest absolute Gasteiger partial charge is 0.259 e. The number of hydrogen-bond donors (Lipinski definition) is 9. The number of halogens is 1. The quantitative estimate of drug-likeness (QED) is 0.110. The lowest BCUT2D eigenvalue weighted by atomic mass is 9.91. The second kappa shape index (κ2) is 14.7. The predicted octanol–water partition coefficient (Wildman–Crippen LogP) is -3.29. The van der Waals surface area contributed by atoms with Crippen LogP contribution < -0.4 is 16.0 Å².